The second-order valence-corrected chi connectivity index (χ2v) is 8.42. The van der Waals surface area contributed by atoms with Crippen molar-refractivity contribution in [2.45, 2.75) is 32.5 Å². The van der Waals surface area contributed by atoms with Gasteiger partial charge in [0.1, 0.15) is 0 Å². The van der Waals surface area contributed by atoms with Crippen molar-refractivity contribution in [3.8, 4) is 0 Å². The van der Waals surface area contributed by atoms with E-state index in [2.05, 4.69) is 15.2 Å². The number of morpholine rings is 1. The zero-order valence-electron chi connectivity index (χ0n) is 14.7. The predicted molar refractivity (Wildman–Crippen MR) is 106 cm³/mol. The molecule has 5 nitrogen and oxygen atoms in total. The van der Waals surface area contributed by atoms with Crippen LogP contribution in [0.5, 0.6) is 0 Å². The number of thiazole rings is 1. The van der Waals surface area contributed by atoms with Crippen molar-refractivity contribution >= 4 is 45.6 Å². The number of nitrogens with zero attached hydrogens (tertiary/aromatic N) is 2. The van der Waals surface area contributed by atoms with Gasteiger partial charge in [0.15, 0.2) is 5.13 Å². The van der Waals surface area contributed by atoms with Crippen LogP contribution in [0.4, 0.5) is 5.13 Å². The molecule has 2 atom stereocenters. The highest BCUT2D eigenvalue weighted by atomic mass is 35.5. The van der Waals surface area contributed by atoms with Gasteiger partial charge < -0.3 is 10.1 Å². The Morgan fingerprint density at radius 1 is 1.35 bits per heavy atom. The lowest BCUT2D eigenvalue weighted by Crippen LogP contribution is -2.48. The third-order valence-corrected chi connectivity index (χ3v) is 5.83. The molecule has 0 aliphatic carbocycles. The number of carbonyl (C=O) groups excluding carboxylic acids is 1. The topological polar surface area (TPSA) is 54.5 Å². The summed E-state index contributed by atoms with van der Waals surface area (Å²) in [5.41, 5.74) is 0.942. The lowest BCUT2D eigenvalue weighted by molar-refractivity contribution is -0.121. The van der Waals surface area contributed by atoms with E-state index in [1.165, 1.54) is 11.3 Å². The summed E-state index contributed by atoms with van der Waals surface area (Å²) >= 11 is 13.7. The molecule has 0 radical (unpaired) electrons. The summed E-state index contributed by atoms with van der Waals surface area (Å²) in [6.45, 7) is 5.90. The molecule has 0 spiro atoms. The third kappa shape index (κ3) is 5.18. The van der Waals surface area contributed by atoms with Crippen LogP contribution >= 0.6 is 34.5 Å². The molecule has 2 unspecified atom stereocenters. The monoisotopic (exact) mass is 413 g/mol. The molecule has 1 aromatic heterocycles. The van der Waals surface area contributed by atoms with E-state index >= 15 is 0 Å². The number of amides is 1. The molecular weight excluding hydrogens is 393 g/mol. The molecule has 1 aliphatic heterocycles. The molecule has 8 heteroatoms. The molecule has 140 valence electrons. The van der Waals surface area contributed by atoms with Crippen molar-refractivity contribution in [2.24, 2.45) is 0 Å². The van der Waals surface area contributed by atoms with E-state index in [1.807, 2.05) is 26.0 Å². The van der Waals surface area contributed by atoms with Gasteiger partial charge in [-0.05, 0) is 25.5 Å². The average Bonchev–Trinajstić information content (AvgIpc) is 2.97. The summed E-state index contributed by atoms with van der Waals surface area (Å²) < 4.78 is 5.69. The van der Waals surface area contributed by atoms with Gasteiger partial charge in [-0.1, -0.05) is 35.3 Å². The highest BCUT2D eigenvalue weighted by Gasteiger charge is 2.24. The van der Waals surface area contributed by atoms with Gasteiger partial charge in [0.2, 0.25) is 5.91 Å². The first-order chi connectivity index (χ1) is 12.4. The van der Waals surface area contributed by atoms with Gasteiger partial charge in [0.25, 0.3) is 0 Å². The van der Waals surface area contributed by atoms with Gasteiger partial charge in [-0.2, -0.15) is 0 Å². The van der Waals surface area contributed by atoms with Gasteiger partial charge in [-0.25, -0.2) is 4.98 Å². The second kappa shape index (κ2) is 8.67. The zero-order valence-corrected chi connectivity index (χ0v) is 17.0. The Hall–Kier alpha value is -1.18. The summed E-state index contributed by atoms with van der Waals surface area (Å²) in [5, 5.41) is 4.57. The highest BCUT2D eigenvalue weighted by molar-refractivity contribution is 7.15. The standard InChI is InChI=1S/C18H21Cl2N3O2S/c1-11-8-23(9-12(2)25-11)10-16(24)22-18-21-7-14(26-18)6-13-4-3-5-15(19)17(13)20/h3-5,7,11-12H,6,8-10H2,1-2H3,(H,21,22,24). The average molecular weight is 414 g/mol. The van der Waals surface area contributed by atoms with Crippen molar-refractivity contribution in [1.29, 1.82) is 0 Å². The number of aromatic nitrogens is 1. The quantitative estimate of drug-likeness (QED) is 0.801. The van der Waals surface area contributed by atoms with Crippen molar-refractivity contribution in [3.05, 3.63) is 44.9 Å². The van der Waals surface area contributed by atoms with Crippen LogP contribution in [0, 0.1) is 0 Å². The van der Waals surface area contributed by atoms with Crippen LogP contribution in [0.3, 0.4) is 0 Å². The van der Waals surface area contributed by atoms with Gasteiger partial charge in [0.05, 0.1) is 28.8 Å². The van der Waals surface area contributed by atoms with Gasteiger partial charge >= 0.3 is 0 Å². The molecule has 1 N–H and O–H groups in total. The number of ether oxygens (including phenoxy) is 1. The molecule has 1 aromatic carbocycles. The summed E-state index contributed by atoms with van der Waals surface area (Å²) in [6, 6.07) is 5.57. The van der Waals surface area contributed by atoms with Crippen LogP contribution in [0.15, 0.2) is 24.4 Å². The number of halogens is 2. The Balaban J connectivity index is 1.56. The molecule has 26 heavy (non-hydrogen) atoms. The van der Waals surface area contributed by atoms with E-state index in [0.717, 1.165) is 23.5 Å². The largest absolute Gasteiger partial charge is 0.373 e. The first kappa shape index (κ1) is 19.6. The van der Waals surface area contributed by atoms with Crippen LogP contribution in [-0.2, 0) is 16.0 Å². The molecule has 2 heterocycles. The zero-order chi connectivity index (χ0) is 18.7. The number of carbonyl (C=O) groups is 1. The normalized spacial score (nSPS) is 20.9. The lowest BCUT2D eigenvalue weighted by atomic mass is 10.1. The van der Waals surface area contributed by atoms with Crippen molar-refractivity contribution in [2.75, 3.05) is 25.0 Å². The summed E-state index contributed by atoms with van der Waals surface area (Å²) in [4.78, 5) is 19.7. The number of hydrogen-bond acceptors (Lipinski definition) is 5. The Bertz CT molecular complexity index is 774. The molecule has 1 amide bonds. The Morgan fingerprint density at radius 2 is 2.08 bits per heavy atom. The van der Waals surface area contributed by atoms with Crippen molar-refractivity contribution in [3.63, 3.8) is 0 Å². The van der Waals surface area contributed by atoms with Crippen LogP contribution in [0.2, 0.25) is 10.0 Å². The second-order valence-electron chi connectivity index (χ2n) is 6.52. The van der Waals surface area contributed by atoms with Crippen LogP contribution in [0.25, 0.3) is 0 Å². The van der Waals surface area contributed by atoms with Gasteiger partial charge in [-0.15, -0.1) is 11.3 Å². The molecule has 2 aromatic rings. The van der Waals surface area contributed by atoms with E-state index in [-0.39, 0.29) is 18.1 Å². The molecule has 1 fully saturated rings. The number of rotatable bonds is 5. The fraction of sp³-hybridized carbons (Fsp3) is 0.444. The minimum atomic E-state index is -0.0620. The molecule has 3 rings (SSSR count). The van der Waals surface area contributed by atoms with Crippen LogP contribution in [-0.4, -0.2) is 47.6 Å². The molecular formula is C18H21Cl2N3O2S. The maximum atomic E-state index is 12.3. The fourth-order valence-corrected chi connectivity index (χ4v) is 4.33. The third-order valence-electron chi connectivity index (χ3n) is 4.06. The number of anilines is 1. The first-order valence-corrected chi connectivity index (χ1v) is 10.0. The smallest absolute Gasteiger partial charge is 0.240 e. The fourth-order valence-electron chi connectivity index (χ4n) is 3.10. The highest BCUT2D eigenvalue weighted by Crippen LogP contribution is 2.29. The Kier molecular flexibility index (Phi) is 6.53. The predicted octanol–water partition coefficient (Wildman–Crippen LogP) is 4.09. The van der Waals surface area contributed by atoms with Gasteiger partial charge in [-0.3, -0.25) is 9.69 Å². The maximum absolute atomic E-state index is 12.3. The Labute approximate surface area is 167 Å². The minimum absolute atomic E-state index is 0.0620. The first-order valence-electron chi connectivity index (χ1n) is 8.46. The van der Waals surface area contributed by atoms with Crippen molar-refractivity contribution in [1.82, 2.24) is 9.88 Å². The molecule has 0 saturated carbocycles. The summed E-state index contributed by atoms with van der Waals surface area (Å²) in [7, 11) is 0. The van der Waals surface area contributed by atoms with Crippen molar-refractivity contribution < 1.29 is 9.53 Å². The molecule has 0 bridgehead atoms. The summed E-state index contributed by atoms with van der Waals surface area (Å²) in [5.74, 6) is -0.0620. The summed E-state index contributed by atoms with van der Waals surface area (Å²) in [6.07, 6.45) is 2.67. The molecule has 1 saturated heterocycles. The van der Waals surface area contributed by atoms with E-state index in [0.29, 0.717) is 28.1 Å². The SMILES string of the molecule is CC1CN(CC(=O)Nc2ncc(Cc3cccc(Cl)c3Cl)s2)CC(C)O1. The van der Waals surface area contributed by atoms with Crippen LogP contribution < -0.4 is 5.32 Å². The number of nitrogens with one attached hydrogen (secondary N) is 1. The van der Waals surface area contributed by atoms with Crippen LogP contribution in [0.1, 0.15) is 24.3 Å². The van der Waals surface area contributed by atoms with E-state index in [1.54, 1.807) is 12.3 Å². The van der Waals surface area contributed by atoms with E-state index in [9.17, 15) is 4.79 Å². The van der Waals surface area contributed by atoms with E-state index in [4.69, 9.17) is 27.9 Å². The maximum Gasteiger partial charge on any atom is 0.240 e. The van der Waals surface area contributed by atoms with Gasteiger partial charge in [0, 0.05) is 30.6 Å². The Morgan fingerprint density at radius 3 is 2.81 bits per heavy atom. The molecule has 1 aliphatic rings. The number of benzene rings is 1. The minimum Gasteiger partial charge on any atom is -0.373 e. The van der Waals surface area contributed by atoms with E-state index < -0.39 is 0 Å². The lowest BCUT2D eigenvalue weighted by Gasteiger charge is -2.34. The number of hydrogen-bond donors (Lipinski definition) is 1.